The summed E-state index contributed by atoms with van der Waals surface area (Å²) in [6, 6.07) is 6.85. The van der Waals surface area contributed by atoms with Gasteiger partial charge in [0.2, 0.25) is 0 Å². The SMILES string of the molecule is FC(F)(F)CN(CCCl)Cc1ccccc1Cl. The zero-order valence-corrected chi connectivity index (χ0v) is 10.5. The second kappa shape index (κ2) is 6.47. The monoisotopic (exact) mass is 285 g/mol. The minimum Gasteiger partial charge on any atom is -0.289 e. The largest absolute Gasteiger partial charge is 0.401 e. The Morgan fingerprint density at radius 2 is 1.82 bits per heavy atom. The van der Waals surface area contributed by atoms with E-state index in [0.29, 0.717) is 10.6 Å². The smallest absolute Gasteiger partial charge is 0.289 e. The highest BCUT2D eigenvalue weighted by Gasteiger charge is 2.30. The van der Waals surface area contributed by atoms with Crippen molar-refractivity contribution in [1.82, 2.24) is 4.90 Å². The van der Waals surface area contributed by atoms with E-state index in [1.807, 2.05) is 0 Å². The predicted molar refractivity (Wildman–Crippen MR) is 63.5 cm³/mol. The lowest BCUT2D eigenvalue weighted by atomic mass is 10.2. The van der Waals surface area contributed by atoms with E-state index in [2.05, 4.69) is 0 Å². The fourth-order valence-electron chi connectivity index (χ4n) is 1.45. The molecule has 0 N–H and O–H groups in total. The lowest BCUT2D eigenvalue weighted by Crippen LogP contribution is -2.35. The third kappa shape index (κ3) is 5.61. The number of rotatable bonds is 5. The van der Waals surface area contributed by atoms with E-state index in [4.69, 9.17) is 23.2 Å². The molecule has 0 aromatic heterocycles. The Morgan fingerprint density at radius 3 is 2.35 bits per heavy atom. The zero-order valence-electron chi connectivity index (χ0n) is 8.97. The van der Waals surface area contributed by atoms with E-state index in [-0.39, 0.29) is 19.0 Å². The Bertz CT molecular complexity index is 355. The van der Waals surface area contributed by atoms with Crippen molar-refractivity contribution in [2.45, 2.75) is 12.7 Å². The molecule has 0 bridgehead atoms. The fraction of sp³-hybridized carbons (Fsp3) is 0.455. The molecule has 0 aliphatic rings. The molecule has 0 unspecified atom stereocenters. The van der Waals surface area contributed by atoms with Crippen LogP contribution in [-0.4, -0.2) is 30.0 Å². The van der Waals surface area contributed by atoms with Crippen LogP contribution in [0.4, 0.5) is 13.2 Å². The average molecular weight is 286 g/mol. The van der Waals surface area contributed by atoms with E-state index >= 15 is 0 Å². The standard InChI is InChI=1S/C11H12Cl2F3N/c12-5-6-17(8-11(14,15)16)7-9-3-1-2-4-10(9)13/h1-4H,5-8H2. The Kier molecular flexibility index (Phi) is 5.56. The molecule has 0 saturated carbocycles. The lowest BCUT2D eigenvalue weighted by molar-refractivity contribution is -0.146. The van der Waals surface area contributed by atoms with Gasteiger partial charge in [0, 0.05) is 24.0 Å². The molecule has 0 saturated heterocycles. The number of benzene rings is 1. The van der Waals surface area contributed by atoms with Gasteiger partial charge in [-0.1, -0.05) is 29.8 Å². The van der Waals surface area contributed by atoms with Crippen LogP contribution in [-0.2, 0) is 6.54 Å². The first-order chi connectivity index (χ1) is 7.92. The van der Waals surface area contributed by atoms with Gasteiger partial charge in [0.05, 0.1) is 6.54 Å². The molecule has 1 rings (SSSR count). The molecular formula is C11H12Cl2F3N. The number of halogens is 5. The van der Waals surface area contributed by atoms with Gasteiger partial charge in [-0.25, -0.2) is 0 Å². The Labute approximate surface area is 108 Å². The van der Waals surface area contributed by atoms with E-state index in [1.165, 1.54) is 4.90 Å². The molecule has 0 aliphatic carbocycles. The maximum atomic E-state index is 12.3. The van der Waals surface area contributed by atoms with Gasteiger partial charge in [0.15, 0.2) is 0 Å². The van der Waals surface area contributed by atoms with E-state index < -0.39 is 12.7 Å². The minimum atomic E-state index is -4.23. The molecule has 0 heterocycles. The number of hydrogen-bond acceptors (Lipinski definition) is 1. The van der Waals surface area contributed by atoms with Crippen LogP contribution < -0.4 is 0 Å². The van der Waals surface area contributed by atoms with Gasteiger partial charge < -0.3 is 0 Å². The summed E-state index contributed by atoms with van der Waals surface area (Å²) in [6.45, 7) is -0.664. The maximum absolute atomic E-state index is 12.3. The summed E-state index contributed by atoms with van der Waals surface area (Å²) < 4.78 is 36.9. The highest BCUT2D eigenvalue weighted by molar-refractivity contribution is 6.31. The fourth-order valence-corrected chi connectivity index (χ4v) is 1.89. The zero-order chi connectivity index (χ0) is 12.9. The van der Waals surface area contributed by atoms with Crippen LogP contribution in [0.5, 0.6) is 0 Å². The van der Waals surface area contributed by atoms with Crippen LogP contribution in [0.25, 0.3) is 0 Å². The molecule has 96 valence electrons. The summed E-state index contributed by atoms with van der Waals surface area (Å²) in [5, 5.41) is 0.467. The van der Waals surface area contributed by atoms with Crippen molar-refractivity contribution in [3.63, 3.8) is 0 Å². The van der Waals surface area contributed by atoms with E-state index in [0.717, 1.165) is 0 Å². The van der Waals surface area contributed by atoms with Gasteiger partial charge in [0.25, 0.3) is 0 Å². The lowest BCUT2D eigenvalue weighted by Gasteiger charge is -2.23. The van der Waals surface area contributed by atoms with Crippen molar-refractivity contribution < 1.29 is 13.2 Å². The summed E-state index contributed by atoms with van der Waals surface area (Å²) in [5.41, 5.74) is 0.670. The van der Waals surface area contributed by atoms with Crippen molar-refractivity contribution in [3.05, 3.63) is 34.9 Å². The molecular weight excluding hydrogens is 274 g/mol. The van der Waals surface area contributed by atoms with Gasteiger partial charge in [0.1, 0.15) is 0 Å². The van der Waals surface area contributed by atoms with Crippen LogP contribution >= 0.6 is 23.2 Å². The number of hydrogen-bond donors (Lipinski definition) is 0. The summed E-state index contributed by atoms with van der Waals surface area (Å²) in [7, 11) is 0. The molecule has 1 aromatic rings. The first-order valence-electron chi connectivity index (χ1n) is 5.01. The third-order valence-electron chi connectivity index (χ3n) is 2.16. The van der Waals surface area contributed by atoms with E-state index in [9.17, 15) is 13.2 Å². The van der Waals surface area contributed by atoms with Crippen LogP contribution in [0, 0.1) is 0 Å². The highest BCUT2D eigenvalue weighted by atomic mass is 35.5. The maximum Gasteiger partial charge on any atom is 0.401 e. The van der Waals surface area contributed by atoms with Crippen molar-refractivity contribution in [3.8, 4) is 0 Å². The molecule has 0 aliphatic heterocycles. The first-order valence-corrected chi connectivity index (χ1v) is 5.92. The van der Waals surface area contributed by atoms with Gasteiger partial charge in [-0.15, -0.1) is 11.6 Å². The topological polar surface area (TPSA) is 3.24 Å². The second-order valence-electron chi connectivity index (χ2n) is 3.61. The van der Waals surface area contributed by atoms with Gasteiger partial charge in [-0.05, 0) is 11.6 Å². The Morgan fingerprint density at radius 1 is 1.18 bits per heavy atom. The first kappa shape index (κ1) is 14.6. The normalized spacial score (nSPS) is 12.1. The minimum absolute atomic E-state index is 0.145. The molecule has 1 aromatic carbocycles. The summed E-state index contributed by atoms with van der Waals surface area (Å²) in [4.78, 5) is 1.23. The molecule has 0 radical (unpaired) electrons. The van der Waals surface area contributed by atoms with Crippen molar-refractivity contribution in [1.29, 1.82) is 0 Å². The number of nitrogens with zero attached hydrogens (tertiary/aromatic N) is 1. The molecule has 17 heavy (non-hydrogen) atoms. The molecule has 0 fully saturated rings. The van der Waals surface area contributed by atoms with E-state index in [1.54, 1.807) is 24.3 Å². The van der Waals surface area contributed by atoms with Crippen molar-refractivity contribution in [2.24, 2.45) is 0 Å². The van der Waals surface area contributed by atoms with Crippen LogP contribution in [0.2, 0.25) is 5.02 Å². The molecule has 6 heteroatoms. The third-order valence-corrected chi connectivity index (χ3v) is 2.69. The Hall–Kier alpha value is -0.450. The van der Waals surface area contributed by atoms with Gasteiger partial charge >= 0.3 is 6.18 Å². The highest BCUT2D eigenvalue weighted by Crippen LogP contribution is 2.21. The number of alkyl halides is 4. The van der Waals surface area contributed by atoms with Crippen LogP contribution in [0.1, 0.15) is 5.56 Å². The van der Waals surface area contributed by atoms with Crippen LogP contribution in [0.3, 0.4) is 0 Å². The summed E-state index contributed by atoms with van der Waals surface area (Å²) >= 11 is 11.4. The molecule has 1 nitrogen and oxygen atoms in total. The summed E-state index contributed by atoms with van der Waals surface area (Å²) in [6.07, 6.45) is -4.23. The predicted octanol–water partition coefficient (Wildman–Crippen LogP) is 3.94. The van der Waals surface area contributed by atoms with Crippen molar-refractivity contribution in [2.75, 3.05) is 19.0 Å². The van der Waals surface area contributed by atoms with Crippen LogP contribution in [0.15, 0.2) is 24.3 Å². The molecule has 0 amide bonds. The molecule has 0 spiro atoms. The Balaban J connectivity index is 2.70. The summed E-state index contributed by atoms with van der Waals surface area (Å²) in [5.74, 6) is 0.153. The quantitative estimate of drug-likeness (QED) is 0.741. The van der Waals surface area contributed by atoms with Gasteiger partial charge in [-0.2, -0.15) is 13.2 Å². The second-order valence-corrected chi connectivity index (χ2v) is 4.39. The van der Waals surface area contributed by atoms with Crippen molar-refractivity contribution >= 4 is 23.2 Å². The average Bonchev–Trinajstić information content (AvgIpc) is 2.19. The van der Waals surface area contributed by atoms with Gasteiger partial charge in [-0.3, -0.25) is 4.90 Å². The molecule has 0 atom stereocenters.